The Kier molecular flexibility index (Phi) is 4.71. The molecule has 1 amide bonds. The topological polar surface area (TPSA) is 50.7 Å². The molecular formula is C19H20N2O2. The predicted molar refractivity (Wildman–Crippen MR) is 91.3 cm³/mol. The molecule has 2 aromatic carbocycles. The van der Waals surface area contributed by atoms with Crippen molar-refractivity contribution in [3.63, 3.8) is 0 Å². The summed E-state index contributed by atoms with van der Waals surface area (Å²) in [4.78, 5) is 11.7. The number of ether oxygens (including phenoxy) is 1. The molecule has 3 rings (SSSR count). The highest BCUT2D eigenvalue weighted by atomic mass is 16.5. The molecule has 0 bridgehead atoms. The van der Waals surface area contributed by atoms with Gasteiger partial charge in [-0.1, -0.05) is 42.5 Å². The van der Waals surface area contributed by atoms with Crippen LogP contribution in [0.4, 0.5) is 0 Å². The van der Waals surface area contributed by atoms with Crippen LogP contribution in [0.5, 0.6) is 5.75 Å². The Balaban J connectivity index is 1.50. The highest BCUT2D eigenvalue weighted by molar-refractivity contribution is 5.88. The maximum atomic E-state index is 11.7. The van der Waals surface area contributed by atoms with Crippen molar-refractivity contribution in [2.24, 2.45) is 11.0 Å². The molecule has 1 aliphatic carbocycles. The molecule has 4 heteroatoms. The van der Waals surface area contributed by atoms with Crippen molar-refractivity contribution >= 4 is 11.6 Å². The molecule has 0 heterocycles. The van der Waals surface area contributed by atoms with Gasteiger partial charge in [-0.25, -0.2) is 5.43 Å². The van der Waals surface area contributed by atoms with E-state index in [1.165, 1.54) is 12.8 Å². The zero-order chi connectivity index (χ0) is 16.1. The number of hydrogen-bond donors (Lipinski definition) is 1. The van der Waals surface area contributed by atoms with Crippen LogP contribution in [-0.4, -0.2) is 18.2 Å². The first-order valence-electron chi connectivity index (χ1n) is 7.83. The van der Waals surface area contributed by atoms with Gasteiger partial charge in [0.25, 0.3) is 5.91 Å². The summed E-state index contributed by atoms with van der Waals surface area (Å²) in [5.41, 5.74) is 5.80. The number of rotatable bonds is 6. The number of benzene rings is 2. The summed E-state index contributed by atoms with van der Waals surface area (Å²) in [5, 5.41) is 4.09. The van der Waals surface area contributed by atoms with Crippen LogP contribution in [0.2, 0.25) is 0 Å². The van der Waals surface area contributed by atoms with Crippen LogP contribution in [0.25, 0.3) is 11.1 Å². The second-order valence-corrected chi connectivity index (χ2v) is 5.74. The lowest BCUT2D eigenvalue weighted by Gasteiger charge is -2.07. The Morgan fingerprint density at radius 1 is 1.09 bits per heavy atom. The molecule has 1 aliphatic rings. The van der Waals surface area contributed by atoms with Crippen LogP contribution in [-0.2, 0) is 4.79 Å². The van der Waals surface area contributed by atoms with Crippen molar-refractivity contribution in [2.45, 2.75) is 19.8 Å². The Hall–Kier alpha value is -2.62. The lowest BCUT2D eigenvalue weighted by Crippen LogP contribution is -2.25. The number of hydrazone groups is 1. The molecule has 0 aromatic heterocycles. The van der Waals surface area contributed by atoms with Gasteiger partial charge in [-0.15, -0.1) is 0 Å². The third-order valence-electron chi connectivity index (χ3n) is 3.86. The molecule has 2 aromatic rings. The van der Waals surface area contributed by atoms with Crippen LogP contribution in [0.3, 0.4) is 0 Å². The Morgan fingerprint density at radius 2 is 1.74 bits per heavy atom. The van der Waals surface area contributed by atoms with E-state index in [0.717, 1.165) is 16.8 Å². The number of carbonyl (C=O) groups excluding carboxylic acids is 1. The Morgan fingerprint density at radius 3 is 2.39 bits per heavy atom. The minimum atomic E-state index is -0.239. The van der Waals surface area contributed by atoms with Gasteiger partial charge in [0.15, 0.2) is 6.61 Å². The standard InChI is InChI=1S/C19H20N2O2/c1-14(15-7-8-15)20-21-19(22)13-23-18-11-9-17(10-12-18)16-5-3-2-4-6-16/h2-6,9-12,15H,7-8,13H2,1H3,(H,21,22)/b20-14+. The van der Waals surface area contributed by atoms with E-state index in [0.29, 0.717) is 11.7 Å². The number of nitrogens with zero attached hydrogens (tertiary/aromatic N) is 1. The molecule has 0 radical (unpaired) electrons. The molecule has 118 valence electrons. The summed E-state index contributed by atoms with van der Waals surface area (Å²) >= 11 is 0. The Labute approximate surface area is 136 Å². The molecule has 0 unspecified atom stereocenters. The van der Waals surface area contributed by atoms with Gasteiger partial charge in [0, 0.05) is 5.71 Å². The first-order valence-corrected chi connectivity index (χ1v) is 7.83. The van der Waals surface area contributed by atoms with Crippen LogP contribution in [0, 0.1) is 5.92 Å². The van der Waals surface area contributed by atoms with Crippen LogP contribution in [0.1, 0.15) is 19.8 Å². The number of hydrogen-bond acceptors (Lipinski definition) is 3. The monoisotopic (exact) mass is 308 g/mol. The average molecular weight is 308 g/mol. The smallest absolute Gasteiger partial charge is 0.277 e. The van der Waals surface area contributed by atoms with Gasteiger partial charge in [-0.3, -0.25) is 4.79 Å². The maximum absolute atomic E-state index is 11.7. The minimum absolute atomic E-state index is 0.0356. The van der Waals surface area contributed by atoms with Gasteiger partial charge in [0.05, 0.1) is 0 Å². The van der Waals surface area contributed by atoms with E-state index >= 15 is 0 Å². The highest BCUT2D eigenvalue weighted by Gasteiger charge is 2.24. The number of nitrogens with one attached hydrogen (secondary N) is 1. The van der Waals surface area contributed by atoms with Gasteiger partial charge in [-0.05, 0) is 48.9 Å². The number of amides is 1. The van der Waals surface area contributed by atoms with Gasteiger partial charge in [0.1, 0.15) is 5.75 Å². The van der Waals surface area contributed by atoms with Crippen LogP contribution < -0.4 is 10.2 Å². The van der Waals surface area contributed by atoms with Crippen molar-refractivity contribution in [1.82, 2.24) is 5.43 Å². The molecule has 1 N–H and O–H groups in total. The molecule has 23 heavy (non-hydrogen) atoms. The predicted octanol–water partition coefficient (Wildman–Crippen LogP) is 3.63. The zero-order valence-electron chi connectivity index (χ0n) is 13.2. The van der Waals surface area contributed by atoms with Gasteiger partial charge in [-0.2, -0.15) is 5.10 Å². The molecule has 0 atom stereocenters. The Bertz CT molecular complexity index is 689. The van der Waals surface area contributed by atoms with Gasteiger partial charge in [0.2, 0.25) is 0 Å². The lowest BCUT2D eigenvalue weighted by atomic mass is 10.1. The highest BCUT2D eigenvalue weighted by Crippen LogP contribution is 2.30. The van der Waals surface area contributed by atoms with E-state index in [2.05, 4.69) is 22.7 Å². The van der Waals surface area contributed by atoms with Crippen molar-refractivity contribution in [3.8, 4) is 16.9 Å². The summed E-state index contributed by atoms with van der Waals surface area (Å²) in [7, 11) is 0. The fraction of sp³-hybridized carbons (Fsp3) is 0.263. The van der Waals surface area contributed by atoms with Crippen molar-refractivity contribution < 1.29 is 9.53 Å². The van der Waals surface area contributed by atoms with Gasteiger partial charge >= 0.3 is 0 Å². The van der Waals surface area contributed by atoms with Gasteiger partial charge < -0.3 is 4.74 Å². The minimum Gasteiger partial charge on any atom is -0.484 e. The van der Waals surface area contributed by atoms with E-state index < -0.39 is 0 Å². The van der Waals surface area contributed by atoms with Crippen molar-refractivity contribution in [3.05, 3.63) is 54.6 Å². The van der Waals surface area contributed by atoms with Crippen LogP contribution in [0.15, 0.2) is 59.7 Å². The third kappa shape index (κ3) is 4.42. The summed E-state index contributed by atoms with van der Waals surface area (Å²) in [6.07, 6.45) is 2.35. The molecule has 1 saturated carbocycles. The summed E-state index contributed by atoms with van der Waals surface area (Å²) in [5.74, 6) is 0.988. The van der Waals surface area contributed by atoms with E-state index in [1.807, 2.05) is 49.4 Å². The second-order valence-electron chi connectivity index (χ2n) is 5.74. The van der Waals surface area contributed by atoms with E-state index in [1.54, 1.807) is 0 Å². The summed E-state index contributed by atoms with van der Waals surface area (Å²) in [6, 6.07) is 17.8. The first kappa shape index (κ1) is 15.3. The van der Waals surface area contributed by atoms with Crippen molar-refractivity contribution in [2.75, 3.05) is 6.61 Å². The first-order chi connectivity index (χ1) is 11.2. The van der Waals surface area contributed by atoms with E-state index in [4.69, 9.17) is 4.74 Å². The number of carbonyl (C=O) groups is 1. The maximum Gasteiger partial charge on any atom is 0.277 e. The summed E-state index contributed by atoms with van der Waals surface area (Å²) in [6.45, 7) is 1.91. The quantitative estimate of drug-likeness (QED) is 0.654. The lowest BCUT2D eigenvalue weighted by molar-refractivity contribution is -0.123. The summed E-state index contributed by atoms with van der Waals surface area (Å²) < 4.78 is 5.49. The molecule has 0 saturated heterocycles. The van der Waals surface area contributed by atoms with Crippen LogP contribution >= 0.6 is 0 Å². The fourth-order valence-electron chi connectivity index (χ4n) is 2.30. The molecule has 1 fully saturated rings. The zero-order valence-corrected chi connectivity index (χ0v) is 13.2. The largest absolute Gasteiger partial charge is 0.484 e. The SMILES string of the molecule is C/C(=N\NC(=O)COc1ccc(-c2ccccc2)cc1)C1CC1. The second kappa shape index (κ2) is 7.09. The molecule has 0 aliphatic heterocycles. The molecular weight excluding hydrogens is 288 g/mol. The molecule has 0 spiro atoms. The average Bonchev–Trinajstić information content (AvgIpc) is 3.44. The fourth-order valence-corrected chi connectivity index (χ4v) is 2.30. The normalized spacial score (nSPS) is 14.4. The third-order valence-corrected chi connectivity index (χ3v) is 3.86. The van der Waals surface area contributed by atoms with E-state index in [9.17, 15) is 4.79 Å². The van der Waals surface area contributed by atoms with Crippen molar-refractivity contribution in [1.29, 1.82) is 0 Å². The van der Waals surface area contributed by atoms with E-state index in [-0.39, 0.29) is 12.5 Å². The molecule has 4 nitrogen and oxygen atoms in total.